The number of carbonyl (C=O) groups is 1. The summed E-state index contributed by atoms with van der Waals surface area (Å²) in [5, 5.41) is 5.14. The first-order valence-electron chi connectivity index (χ1n) is 12.3. The van der Waals surface area contributed by atoms with E-state index in [4.69, 9.17) is 4.74 Å². The quantitative estimate of drug-likeness (QED) is 0.330. The van der Waals surface area contributed by atoms with Crippen LogP contribution in [-0.2, 0) is 0 Å². The zero-order valence-corrected chi connectivity index (χ0v) is 20.6. The van der Waals surface area contributed by atoms with E-state index in [0.29, 0.717) is 36.6 Å². The van der Waals surface area contributed by atoms with Crippen LogP contribution in [0.4, 0.5) is 10.1 Å². The van der Waals surface area contributed by atoms with Crippen molar-refractivity contribution in [2.75, 3.05) is 44.7 Å². The molecule has 1 amide bonds. The number of pyridine rings is 1. The highest BCUT2D eigenvalue weighted by Crippen LogP contribution is 2.42. The molecule has 190 valence electrons. The standard InChI is InChI=1S/C27H27FN6O3/c1-16-15-37-26-23-19(11-21(28)24(26)33-9-7-32(2)8-10-33)25(35)20(14-34(16)23)27(36)31-30-13-17-12-29-22-6-4-3-5-18(17)22/h3-6,11-14,16,29H,7-10,15H2,1-2H3,(H,31,36)/b30-13+. The number of fused-ring (bicyclic) bond motifs is 1. The highest BCUT2D eigenvalue weighted by Gasteiger charge is 2.31. The van der Waals surface area contributed by atoms with Crippen molar-refractivity contribution in [1.29, 1.82) is 0 Å². The molecule has 37 heavy (non-hydrogen) atoms. The summed E-state index contributed by atoms with van der Waals surface area (Å²) in [6, 6.07) is 8.82. The van der Waals surface area contributed by atoms with Gasteiger partial charge in [0.2, 0.25) is 5.43 Å². The minimum atomic E-state index is -0.657. The molecular weight excluding hydrogens is 475 g/mol. The average Bonchev–Trinajstić information content (AvgIpc) is 3.31. The third-order valence-electron chi connectivity index (χ3n) is 7.20. The molecule has 4 heterocycles. The summed E-state index contributed by atoms with van der Waals surface area (Å²) in [7, 11) is 2.03. The fraction of sp³-hybridized carbons (Fsp3) is 0.296. The van der Waals surface area contributed by atoms with Crippen LogP contribution in [0.25, 0.3) is 21.8 Å². The van der Waals surface area contributed by atoms with Gasteiger partial charge in [0.25, 0.3) is 5.91 Å². The van der Waals surface area contributed by atoms with Crippen molar-refractivity contribution in [2.45, 2.75) is 13.0 Å². The highest BCUT2D eigenvalue weighted by molar-refractivity contribution is 6.02. The van der Waals surface area contributed by atoms with Crippen LogP contribution in [0, 0.1) is 5.82 Å². The molecule has 0 spiro atoms. The molecule has 2 aromatic carbocycles. The predicted molar refractivity (Wildman–Crippen MR) is 141 cm³/mol. The number of hydrogen-bond acceptors (Lipinski definition) is 6. The van der Waals surface area contributed by atoms with Crippen LogP contribution in [0.15, 0.2) is 52.6 Å². The lowest BCUT2D eigenvalue weighted by molar-refractivity contribution is 0.0953. The van der Waals surface area contributed by atoms with Gasteiger partial charge in [-0.1, -0.05) is 18.2 Å². The molecule has 9 nitrogen and oxygen atoms in total. The van der Waals surface area contributed by atoms with Crippen LogP contribution >= 0.6 is 0 Å². The van der Waals surface area contributed by atoms with Gasteiger partial charge in [-0.15, -0.1) is 0 Å². The van der Waals surface area contributed by atoms with Gasteiger partial charge >= 0.3 is 0 Å². The first kappa shape index (κ1) is 23.2. The maximum atomic E-state index is 15.5. The molecule has 2 aliphatic heterocycles. The number of H-pyrrole nitrogens is 1. The summed E-state index contributed by atoms with van der Waals surface area (Å²) in [5.41, 5.74) is 4.43. The van der Waals surface area contributed by atoms with Crippen molar-refractivity contribution in [1.82, 2.24) is 19.9 Å². The Morgan fingerprint density at radius 2 is 2.00 bits per heavy atom. The molecule has 2 aliphatic rings. The van der Waals surface area contributed by atoms with Crippen LogP contribution in [0.1, 0.15) is 28.9 Å². The monoisotopic (exact) mass is 502 g/mol. The number of aromatic amines is 1. The van der Waals surface area contributed by atoms with E-state index in [1.165, 1.54) is 18.5 Å². The Morgan fingerprint density at radius 1 is 1.22 bits per heavy atom. The first-order valence-corrected chi connectivity index (χ1v) is 12.3. The van der Waals surface area contributed by atoms with E-state index < -0.39 is 17.2 Å². The second-order valence-electron chi connectivity index (χ2n) is 9.65. The predicted octanol–water partition coefficient (Wildman–Crippen LogP) is 3.09. The minimum Gasteiger partial charge on any atom is -0.487 e. The van der Waals surface area contributed by atoms with Crippen molar-refractivity contribution in [3.63, 3.8) is 0 Å². The van der Waals surface area contributed by atoms with Crippen molar-refractivity contribution in [2.24, 2.45) is 5.10 Å². The van der Waals surface area contributed by atoms with Gasteiger partial charge in [-0.3, -0.25) is 9.59 Å². The smallest absolute Gasteiger partial charge is 0.276 e. The fourth-order valence-electron chi connectivity index (χ4n) is 5.12. The lowest BCUT2D eigenvalue weighted by Gasteiger charge is -2.37. The van der Waals surface area contributed by atoms with Gasteiger partial charge in [-0.25, -0.2) is 9.82 Å². The Balaban J connectivity index is 1.37. The summed E-state index contributed by atoms with van der Waals surface area (Å²) in [5.74, 6) is -0.824. The highest BCUT2D eigenvalue weighted by atomic mass is 19.1. The first-order chi connectivity index (χ1) is 17.9. The summed E-state index contributed by atoms with van der Waals surface area (Å²) < 4.78 is 23.3. The molecule has 1 unspecified atom stereocenters. The Hall–Kier alpha value is -4.18. The van der Waals surface area contributed by atoms with E-state index in [1.807, 2.05) is 47.7 Å². The van der Waals surface area contributed by atoms with Gasteiger partial charge in [-0.05, 0) is 26.1 Å². The number of anilines is 1. The number of likely N-dealkylation sites (N-methyl/N-ethyl adjacent to an activating group) is 1. The van der Waals surface area contributed by atoms with Crippen LogP contribution < -0.4 is 20.5 Å². The molecule has 0 aliphatic carbocycles. The van der Waals surface area contributed by atoms with E-state index in [1.54, 1.807) is 6.20 Å². The van der Waals surface area contributed by atoms with Crippen LogP contribution in [0.5, 0.6) is 5.75 Å². The summed E-state index contributed by atoms with van der Waals surface area (Å²) in [4.78, 5) is 33.7. The summed E-state index contributed by atoms with van der Waals surface area (Å²) in [6.45, 7) is 5.15. The molecule has 1 saturated heterocycles. The fourth-order valence-corrected chi connectivity index (χ4v) is 5.12. The largest absolute Gasteiger partial charge is 0.487 e. The number of nitrogens with one attached hydrogen (secondary N) is 2. The number of piperazine rings is 1. The zero-order chi connectivity index (χ0) is 25.7. The molecule has 2 N–H and O–H groups in total. The molecule has 1 atom stereocenters. The van der Waals surface area contributed by atoms with E-state index >= 15 is 4.39 Å². The molecular formula is C27H27FN6O3. The molecule has 2 aromatic heterocycles. The van der Waals surface area contributed by atoms with E-state index in [9.17, 15) is 9.59 Å². The topological polar surface area (TPSA) is 95.0 Å². The SMILES string of the molecule is CC1COc2c(N3CCN(C)CC3)c(F)cc3c(=O)c(C(=O)N/N=C/c4c[nH]c5ccccc45)cn1c23. The number of ether oxygens (including phenoxy) is 1. The second-order valence-corrected chi connectivity index (χ2v) is 9.65. The Bertz CT molecular complexity index is 1620. The van der Waals surface area contributed by atoms with E-state index in [2.05, 4.69) is 20.4 Å². The van der Waals surface area contributed by atoms with Crippen molar-refractivity contribution in [3.8, 4) is 5.75 Å². The van der Waals surface area contributed by atoms with Crippen molar-refractivity contribution < 1.29 is 13.9 Å². The minimum absolute atomic E-state index is 0.102. The number of hydrogen-bond donors (Lipinski definition) is 2. The van der Waals surface area contributed by atoms with Gasteiger partial charge in [0, 0.05) is 55.0 Å². The third kappa shape index (κ3) is 3.93. The third-order valence-corrected chi connectivity index (χ3v) is 7.20. The van der Waals surface area contributed by atoms with Gasteiger partial charge in [0.1, 0.15) is 17.9 Å². The number of aromatic nitrogens is 2. The molecule has 0 radical (unpaired) electrons. The number of nitrogens with zero attached hydrogens (tertiary/aromatic N) is 4. The van der Waals surface area contributed by atoms with Crippen LogP contribution in [0.2, 0.25) is 0 Å². The molecule has 1 fully saturated rings. The molecule has 0 bridgehead atoms. The molecule has 0 saturated carbocycles. The van der Waals surface area contributed by atoms with E-state index in [0.717, 1.165) is 29.6 Å². The Kier molecular flexibility index (Phi) is 5.68. The lowest BCUT2D eigenvalue weighted by atomic mass is 10.0. The van der Waals surface area contributed by atoms with Gasteiger partial charge in [0.05, 0.1) is 23.2 Å². The number of rotatable bonds is 4. The van der Waals surface area contributed by atoms with Crippen LogP contribution in [0.3, 0.4) is 0 Å². The van der Waals surface area contributed by atoms with Gasteiger partial charge in [-0.2, -0.15) is 5.10 Å². The number of carbonyl (C=O) groups excluding carboxylic acids is 1. The number of para-hydroxylation sites is 1. The van der Waals surface area contributed by atoms with Crippen molar-refractivity contribution in [3.05, 3.63) is 69.9 Å². The van der Waals surface area contributed by atoms with Gasteiger partial charge < -0.3 is 24.1 Å². The lowest BCUT2D eigenvalue weighted by Crippen LogP contribution is -2.45. The number of amides is 1. The van der Waals surface area contributed by atoms with Crippen LogP contribution in [-0.4, -0.2) is 66.4 Å². The Labute approximate surface area is 212 Å². The molecule has 4 aromatic rings. The van der Waals surface area contributed by atoms with Gasteiger partial charge in [0.15, 0.2) is 11.6 Å². The second kappa shape index (κ2) is 9.04. The maximum absolute atomic E-state index is 15.5. The number of hydrazone groups is 1. The maximum Gasteiger partial charge on any atom is 0.276 e. The summed E-state index contributed by atoms with van der Waals surface area (Å²) >= 11 is 0. The Morgan fingerprint density at radius 3 is 2.81 bits per heavy atom. The number of benzene rings is 2. The average molecular weight is 503 g/mol. The molecule has 6 rings (SSSR count). The summed E-state index contributed by atoms with van der Waals surface area (Å²) in [6.07, 6.45) is 4.85. The van der Waals surface area contributed by atoms with E-state index in [-0.39, 0.29) is 17.0 Å². The number of halogens is 1. The normalized spacial score (nSPS) is 18.0. The zero-order valence-electron chi connectivity index (χ0n) is 20.6. The van der Waals surface area contributed by atoms with Crippen molar-refractivity contribution >= 4 is 39.6 Å². The molecule has 10 heteroatoms.